The number of nitrogens with zero attached hydrogens (tertiary/aromatic N) is 2. The van der Waals surface area contributed by atoms with E-state index in [2.05, 4.69) is 20.8 Å². The van der Waals surface area contributed by atoms with Crippen LogP contribution in [0.2, 0.25) is 5.15 Å². The molecule has 1 heterocycles. The number of hydrogen-bond donors (Lipinski definition) is 2. The Labute approximate surface area is 157 Å². The zero-order chi connectivity index (χ0) is 19.4. The second-order valence-electron chi connectivity index (χ2n) is 5.48. The van der Waals surface area contributed by atoms with Crippen molar-refractivity contribution in [3.05, 3.63) is 76.9 Å². The van der Waals surface area contributed by atoms with Gasteiger partial charge in [-0.1, -0.05) is 17.7 Å². The first-order valence-corrected chi connectivity index (χ1v) is 8.04. The average Bonchev–Trinajstić information content (AvgIpc) is 2.64. The molecule has 0 aliphatic heterocycles. The smallest absolute Gasteiger partial charge is 0.339 e. The second kappa shape index (κ2) is 7.63. The molecule has 2 aromatic carbocycles. The number of carbonyl (C=O) groups excluding carboxylic acids is 1. The van der Waals surface area contributed by atoms with Crippen LogP contribution in [-0.2, 0) is 6.18 Å². The molecule has 9 heteroatoms. The van der Waals surface area contributed by atoms with Gasteiger partial charge in [-0.25, -0.2) is 0 Å². The van der Waals surface area contributed by atoms with E-state index in [1.807, 2.05) is 0 Å². The van der Waals surface area contributed by atoms with Gasteiger partial charge < -0.3 is 10.6 Å². The van der Waals surface area contributed by atoms with E-state index in [4.69, 9.17) is 11.6 Å². The summed E-state index contributed by atoms with van der Waals surface area (Å²) in [7, 11) is 0. The Morgan fingerprint density at radius 2 is 1.63 bits per heavy atom. The molecule has 27 heavy (non-hydrogen) atoms. The maximum atomic E-state index is 12.7. The number of hydrogen-bond acceptors (Lipinski definition) is 4. The van der Waals surface area contributed by atoms with Crippen molar-refractivity contribution in [1.82, 2.24) is 10.2 Å². The van der Waals surface area contributed by atoms with Crippen LogP contribution in [-0.4, -0.2) is 16.1 Å². The van der Waals surface area contributed by atoms with Crippen LogP contribution in [0.5, 0.6) is 0 Å². The minimum Gasteiger partial charge on any atom is -0.339 e. The van der Waals surface area contributed by atoms with Crippen molar-refractivity contribution in [1.29, 1.82) is 0 Å². The molecule has 1 aromatic heterocycles. The van der Waals surface area contributed by atoms with E-state index in [1.54, 1.807) is 36.4 Å². The number of amides is 1. The fraction of sp³-hybridized carbons (Fsp3) is 0.0556. The molecule has 1 amide bonds. The van der Waals surface area contributed by atoms with Crippen LogP contribution in [0, 0.1) is 0 Å². The molecule has 0 unspecified atom stereocenters. The number of nitrogens with one attached hydrogen (secondary N) is 2. The molecule has 0 aliphatic carbocycles. The zero-order valence-corrected chi connectivity index (χ0v) is 14.3. The van der Waals surface area contributed by atoms with Crippen LogP contribution >= 0.6 is 11.6 Å². The van der Waals surface area contributed by atoms with Crippen LogP contribution in [0.25, 0.3) is 0 Å². The Hall–Kier alpha value is -3.13. The van der Waals surface area contributed by atoms with Crippen molar-refractivity contribution in [3.63, 3.8) is 0 Å². The first kappa shape index (κ1) is 18.7. The van der Waals surface area contributed by atoms with Gasteiger partial charge >= 0.3 is 6.18 Å². The number of benzene rings is 2. The third-order valence-corrected chi connectivity index (χ3v) is 3.70. The summed E-state index contributed by atoms with van der Waals surface area (Å²) in [6, 6.07) is 14.0. The van der Waals surface area contributed by atoms with E-state index in [-0.39, 0.29) is 10.7 Å². The van der Waals surface area contributed by atoms with Gasteiger partial charge in [-0.2, -0.15) is 13.2 Å². The van der Waals surface area contributed by atoms with Crippen molar-refractivity contribution in [3.8, 4) is 0 Å². The molecule has 0 radical (unpaired) electrons. The lowest BCUT2D eigenvalue weighted by Gasteiger charge is -2.10. The maximum Gasteiger partial charge on any atom is 0.416 e. The van der Waals surface area contributed by atoms with Crippen molar-refractivity contribution >= 4 is 34.7 Å². The zero-order valence-electron chi connectivity index (χ0n) is 13.6. The number of alkyl halides is 3. The topological polar surface area (TPSA) is 66.9 Å². The van der Waals surface area contributed by atoms with Gasteiger partial charge in [0.25, 0.3) is 5.91 Å². The van der Waals surface area contributed by atoms with E-state index in [0.29, 0.717) is 17.2 Å². The summed E-state index contributed by atoms with van der Waals surface area (Å²) in [4.78, 5) is 12.2. The number of halogens is 4. The van der Waals surface area contributed by atoms with Crippen molar-refractivity contribution in [2.24, 2.45) is 0 Å². The van der Waals surface area contributed by atoms with Gasteiger partial charge in [-0.05, 0) is 54.6 Å². The molecule has 0 bridgehead atoms. The Morgan fingerprint density at radius 1 is 0.926 bits per heavy atom. The first-order valence-electron chi connectivity index (χ1n) is 7.66. The highest BCUT2D eigenvalue weighted by molar-refractivity contribution is 6.29. The number of anilines is 3. The van der Waals surface area contributed by atoms with Crippen molar-refractivity contribution < 1.29 is 18.0 Å². The predicted octanol–water partition coefficient (Wildman–Crippen LogP) is 5.14. The molecular weight excluding hydrogens is 381 g/mol. The van der Waals surface area contributed by atoms with Crippen LogP contribution in [0.4, 0.5) is 30.4 Å². The minimum atomic E-state index is -4.51. The summed E-state index contributed by atoms with van der Waals surface area (Å²) >= 11 is 5.67. The summed E-state index contributed by atoms with van der Waals surface area (Å²) < 4.78 is 38.2. The third-order valence-electron chi connectivity index (χ3n) is 3.50. The molecule has 3 aromatic rings. The second-order valence-corrected chi connectivity index (χ2v) is 5.86. The quantitative estimate of drug-likeness (QED) is 0.644. The van der Waals surface area contributed by atoms with Gasteiger partial charge in [-0.3, -0.25) is 4.79 Å². The van der Waals surface area contributed by atoms with Crippen molar-refractivity contribution in [2.45, 2.75) is 6.18 Å². The van der Waals surface area contributed by atoms with Gasteiger partial charge in [0.05, 0.1) is 5.56 Å². The van der Waals surface area contributed by atoms with Crippen LogP contribution < -0.4 is 10.6 Å². The monoisotopic (exact) mass is 392 g/mol. The summed E-state index contributed by atoms with van der Waals surface area (Å²) in [5.41, 5.74) is 0.163. The molecule has 0 aliphatic rings. The van der Waals surface area contributed by atoms with E-state index >= 15 is 0 Å². The largest absolute Gasteiger partial charge is 0.416 e. The summed E-state index contributed by atoms with van der Waals surface area (Å²) in [6.07, 6.45) is -4.51. The Kier molecular flexibility index (Phi) is 5.27. The number of aromatic nitrogens is 2. The Morgan fingerprint density at radius 3 is 2.26 bits per heavy atom. The molecule has 5 nitrogen and oxygen atoms in total. The van der Waals surface area contributed by atoms with Crippen molar-refractivity contribution in [2.75, 3.05) is 10.6 Å². The van der Waals surface area contributed by atoms with E-state index in [9.17, 15) is 18.0 Å². The normalized spacial score (nSPS) is 11.1. The average molecular weight is 393 g/mol. The first-order chi connectivity index (χ1) is 12.8. The molecule has 0 saturated heterocycles. The fourth-order valence-electron chi connectivity index (χ4n) is 2.21. The summed E-state index contributed by atoms with van der Waals surface area (Å²) in [6.45, 7) is 0. The van der Waals surface area contributed by atoms with E-state index in [0.717, 1.165) is 12.1 Å². The summed E-state index contributed by atoms with van der Waals surface area (Å²) in [5, 5.41) is 13.4. The highest BCUT2D eigenvalue weighted by Gasteiger charge is 2.30. The molecule has 0 fully saturated rings. The highest BCUT2D eigenvalue weighted by Crippen LogP contribution is 2.29. The van der Waals surface area contributed by atoms with Gasteiger partial charge in [0.15, 0.2) is 11.0 Å². The van der Waals surface area contributed by atoms with E-state index in [1.165, 1.54) is 12.1 Å². The molecule has 3 rings (SSSR count). The molecule has 2 N–H and O–H groups in total. The Bertz CT molecular complexity index is 944. The highest BCUT2D eigenvalue weighted by atomic mass is 35.5. The number of rotatable bonds is 4. The van der Waals surface area contributed by atoms with Gasteiger partial charge in [0, 0.05) is 16.9 Å². The number of carbonyl (C=O) groups is 1. The standard InChI is InChI=1S/C18H12ClF3N4O/c19-15-8-9-16(26-25-15)23-13-4-6-14(7-5-13)24-17(27)11-2-1-3-12(10-11)18(20,21)22/h1-10H,(H,23,26)(H,24,27). The molecule has 0 atom stereocenters. The Balaban J connectivity index is 1.67. The minimum absolute atomic E-state index is 0.0801. The molecular formula is C18H12ClF3N4O. The lowest BCUT2D eigenvalue weighted by molar-refractivity contribution is -0.137. The van der Waals surface area contributed by atoms with Crippen LogP contribution in [0.3, 0.4) is 0 Å². The lowest BCUT2D eigenvalue weighted by atomic mass is 10.1. The maximum absolute atomic E-state index is 12.7. The van der Waals surface area contributed by atoms with Gasteiger partial charge in [-0.15, -0.1) is 10.2 Å². The molecule has 138 valence electrons. The predicted molar refractivity (Wildman–Crippen MR) is 96.2 cm³/mol. The lowest BCUT2D eigenvalue weighted by Crippen LogP contribution is -2.13. The van der Waals surface area contributed by atoms with Crippen LogP contribution in [0.1, 0.15) is 15.9 Å². The van der Waals surface area contributed by atoms with Gasteiger partial charge in [0.1, 0.15) is 0 Å². The molecule has 0 spiro atoms. The molecule has 0 saturated carbocycles. The van der Waals surface area contributed by atoms with E-state index < -0.39 is 17.6 Å². The van der Waals surface area contributed by atoms with Gasteiger partial charge in [0.2, 0.25) is 0 Å². The SMILES string of the molecule is O=C(Nc1ccc(Nc2ccc(Cl)nn2)cc1)c1cccc(C(F)(F)F)c1. The summed E-state index contributed by atoms with van der Waals surface area (Å²) in [5.74, 6) is -0.148. The fourth-order valence-corrected chi connectivity index (χ4v) is 2.31. The van der Waals surface area contributed by atoms with Crippen LogP contribution in [0.15, 0.2) is 60.7 Å². The third kappa shape index (κ3) is 4.95.